The number of nitrogens with zero attached hydrogens (tertiary/aromatic N) is 4. The van der Waals surface area contributed by atoms with Crippen LogP contribution < -0.4 is 0 Å². The molecule has 8 heteroatoms. The summed E-state index contributed by atoms with van der Waals surface area (Å²) in [7, 11) is 2.10. The largest absolute Gasteiger partial charge is 0.330 e. The molecule has 0 spiro atoms. The normalized spacial score (nSPS) is 24.1. The summed E-state index contributed by atoms with van der Waals surface area (Å²) < 4.78 is 0. The van der Waals surface area contributed by atoms with Gasteiger partial charge in [-0.3, -0.25) is 4.79 Å². The number of allylic oxidation sites excluding steroid dienone is 1. The third kappa shape index (κ3) is 4.60. The van der Waals surface area contributed by atoms with Gasteiger partial charge in [0, 0.05) is 34.9 Å². The van der Waals surface area contributed by atoms with Gasteiger partial charge < -0.3 is 14.7 Å². The molecule has 0 aliphatic carbocycles. The van der Waals surface area contributed by atoms with E-state index in [-0.39, 0.29) is 30.0 Å². The van der Waals surface area contributed by atoms with Crippen LogP contribution in [0.4, 0.5) is 0 Å². The van der Waals surface area contributed by atoms with Crippen LogP contribution in [0.15, 0.2) is 64.1 Å². The van der Waals surface area contributed by atoms with Crippen molar-refractivity contribution in [2.24, 2.45) is 10.9 Å². The molecule has 0 aromatic heterocycles. The van der Waals surface area contributed by atoms with E-state index in [0.717, 1.165) is 40.0 Å². The van der Waals surface area contributed by atoms with E-state index in [2.05, 4.69) is 80.6 Å². The summed E-state index contributed by atoms with van der Waals surface area (Å²) in [6.07, 6.45) is 0. The lowest BCUT2D eigenvalue weighted by molar-refractivity contribution is -0.134. The van der Waals surface area contributed by atoms with E-state index in [1.165, 1.54) is 11.8 Å². The number of halogens is 2. The van der Waals surface area contributed by atoms with Gasteiger partial charge in [0.2, 0.25) is 0 Å². The van der Waals surface area contributed by atoms with Crippen LogP contribution in [-0.2, 0) is 10.3 Å². The van der Waals surface area contributed by atoms with Crippen LogP contribution in [0, 0.1) is 5.92 Å². The first-order valence-corrected chi connectivity index (χ1v) is 14.4. The average Bonchev–Trinajstić information content (AvgIpc) is 3.31. The number of amidine groups is 1. The van der Waals surface area contributed by atoms with E-state index in [9.17, 15) is 4.79 Å². The first-order valence-electron chi connectivity index (χ1n) is 12.8. The zero-order valence-electron chi connectivity index (χ0n) is 22.2. The Morgan fingerprint density at radius 3 is 2.11 bits per heavy atom. The van der Waals surface area contributed by atoms with Gasteiger partial charge in [-0.1, -0.05) is 61.3 Å². The van der Waals surface area contributed by atoms with E-state index in [0.29, 0.717) is 10.0 Å². The Kier molecular flexibility index (Phi) is 7.16. The number of likely N-dealkylation sites (N-methyl/N-ethyl adjacent to an activating group) is 1. The molecule has 1 saturated heterocycles. The summed E-state index contributed by atoms with van der Waals surface area (Å²) >= 11 is 14.0. The van der Waals surface area contributed by atoms with Crippen molar-refractivity contribution in [3.05, 3.63) is 80.3 Å². The van der Waals surface area contributed by atoms with Crippen LogP contribution in [0.1, 0.15) is 51.8 Å². The van der Waals surface area contributed by atoms with Gasteiger partial charge in [0.05, 0.1) is 12.1 Å². The fourth-order valence-electron chi connectivity index (χ4n) is 5.85. The topological polar surface area (TPSA) is 39.2 Å². The number of amides is 1. The maximum Gasteiger partial charge on any atom is 0.263 e. The molecule has 3 heterocycles. The fourth-order valence-corrected chi connectivity index (χ4v) is 7.45. The summed E-state index contributed by atoms with van der Waals surface area (Å²) in [6, 6.07) is 16.2. The average molecular weight is 558 g/mol. The summed E-state index contributed by atoms with van der Waals surface area (Å²) in [5, 5.41) is 2.27. The number of carbonyl (C=O) groups is 1. The van der Waals surface area contributed by atoms with Crippen molar-refractivity contribution in [3.8, 4) is 0 Å². The Labute approximate surface area is 234 Å². The molecule has 3 aliphatic rings. The number of likely N-dealkylation sites (tertiary alicyclic amines) is 1. The minimum absolute atomic E-state index is 0.113. The summed E-state index contributed by atoms with van der Waals surface area (Å²) in [6.45, 7) is 12.5. The molecule has 0 saturated carbocycles. The molecule has 2 atom stereocenters. The second-order valence-corrected chi connectivity index (χ2v) is 12.9. The van der Waals surface area contributed by atoms with Crippen LogP contribution in [0.3, 0.4) is 0 Å². The van der Waals surface area contributed by atoms with Crippen LogP contribution in [0.2, 0.25) is 10.0 Å². The smallest absolute Gasteiger partial charge is 0.263 e. The lowest BCUT2D eigenvalue weighted by atomic mass is 9.81. The lowest BCUT2D eigenvalue weighted by Gasteiger charge is -2.45. The molecule has 1 amide bonds. The Balaban J connectivity index is 1.62. The van der Waals surface area contributed by atoms with Gasteiger partial charge in [0.25, 0.3) is 5.91 Å². The minimum Gasteiger partial charge on any atom is -0.330 e. The van der Waals surface area contributed by atoms with Gasteiger partial charge in [-0.15, -0.1) is 0 Å². The predicted octanol–water partition coefficient (Wildman–Crippen LogP) is 6.79. The number of fused-ring (bicyclic) bond motifs is 1. The number of hydrogen-bond acceptors (Lipinski definition) is 5. The molecule has 2 aromatic carbocycles. The number of aliphatic imine (C=N–C) groups is 1. The standard InChI is InChI=1S/C29H34Cl2N4OS/c1-17(2)24-25(27(36)34(18(3)4)23-15-33(6)16-23)37-28-32-29(5,20-9-13-22(31)14-10-20)26(35(24)28)19-7-11-21(30)12-8-19/h7-14,17-18,23,26H,15-16H2,1-6H3/t26-,29+/m1/s1. The molecule has 5 nitrogen and oxygen atoms in total. The number of benzene rings is 2. The van der Waals surface area contributed by atoms with Gasteiger partial charge in [0.1, 0.15) is 10.4 Å². The van der Waals surface area contributed by atoms with Crippen LogP contribution in [0.5, 0.6) is 0 Å². The van der Waals surface area contributed by atoms with E-state index in [4.69, 9.17) is 28.2 Å². The van der Waals surface area contributed by atoms with E-state index < -0.39 is 5.54 Å². The van der Waals surface area contributed by atoms with Gasteiger partial charge in [-0.25, -0.2) is 4.99 Å². The third-order valence-electron chi connectivity index (χ3n) is 7.59. The predicted molar refractivity (Wildman–Crippen MR) is 155 cm³/mol. The number of rotatable bonds is 6. The summed E-state index contributed by atoms with van der Waals surface area (Å²) in [4.78, 5) is 26.9. The van der Waals surface area contributed by atoms with E-state index >= 15 is 0 Å². The highest BCUT2D eigenvalue weighted by Crippen LogP contribution is 2.56. The second-order valence-electron chi connectivity index (χ2n) is 11.0. The molecule has 1 fully saturated rings. The number of hydrogen-bond donors (Lipinski definition) is 0. The highest BCUT2D eigenvalue weighted by Gasteiger charge is 2.53. The first kappa shape index (κ1) is 26.6. The van der Waals surface area contributed by atoms with Crippen molar-refractivity contribution in [2.75, 3.05) is 20.1 Å². The van der Waals surface area contributed by atoms with E-state index in [1.807, 2.05) is 24.3 Å². The van der Waals surface area contributed by atoms with Crippen LogP contribution in [-0.4, -0.2) is 58.0 Å². The molecule has 2 aromatic rings. The van der Waals surface area contributed by atoms with Gasteiger partial charge in [-0.2, -0.15) is 0 Å². The molecular formula is C29H34Cl2N4OS. The van der Waals surface area contributed by atoms with Crippen LogP contribution >= 0.6 is 35.0 Å². The molecule has 0 unspecified atom stereocenters. The van der Waals surface area contributed by atoms with Gasteiger partial charge in [-0.05, 0) is 80.9 Å². The second kappa shape index (κ2) is 9.96. The Hall–Kier alpha value is -1.99. The SMILES string of the molecule is CC(C)C1=C(C(=O)N(C(C)C)C2CN(C)C2)SC2=N[C@@](C)(c3ccc(Cl)cc3)[C@@H](c3ccc(Cl)cc3)N21. The van der Waals surface area contributed by atoms with Crippen LogP contribution in [0.25, 0.3) is 0 Å². The van der Waals surface area contributed by atoms with Crippen molar-refractivity contribution in [3.63, 3.8) is 0 Å². The maximum absolute atomic E-state index is 14.1. The monoisotopic (exact) mass is 556 g/mol. The highest BCUT2D eigenvalue weighted by molar-refractivity contribution is 8.18. The Bertz CT molecular complexity index is 1250. The molecule has 0 bridgehead atoms. The number of carbonyl (C=O) groups excluding carboxylic acids is 1. The Morgan fingerprint density at radius 1 is 1.03 bits per heavy atom. The molecule has 3 aliphatic heterocycles. The van der Waals surface area contributed by atoms with Crippen molar-refractivity contribution in [1.29, 1.82) is 0 Å². The first-order chi connectivity index (χ1) is 17.5. The minimum atomic E-state index is -0.566. The Morgan fingerprint density at radius 2 is 1.59 bits per heavy atom. The third-order valence-corrected chi connectivity index (χ3v) is 9.16. The molecule has 0 radical (unpaired) electrons. The quantitative estimate of drug-likeness (QED) is 0.392. The number of thioether (sulfide) groups is 1. The molecule has 5 rings (SSSR count). The molecular weight excluding hydrogens is 523 g/mol. The van der Waals surface area contributed by atoms with Crippen molar-refractivity contribution in [1.82, 2.24) is 14.7 Å². The summed E-state index contributed by atoms with van der Waals surface area (Å²) in [5.74, 6) is 0.251. The lowest BCUT2D eigenvalue weighted by Crippen LogP contribution is -2.61. The summed E-state index contributed by atoms with van der Waals surface area (Å²) in [5.41, 5.74) is 2.67. The van der Waals surface area contributed by atoms with Crippen molar-refractivity contribution >= 4 is 46.0 Å². The maximum atomic E-state index is 14.1. The van der Waals surface area contributed by atoms with Gasteiger partial charge in [0.15, 0.2) is 5.17 Å². The fraction of sp³-hybridized carbons (Fsp3) is 0.448. The zero-order chi connectivity index (χ0) is 26.6. The van der Waals surface area contributed by atoms with Crippen molar-refractivity contribution < 1.29 is 4.79 Å². The van der Waals surface area contributed by atoms with Crippen molar-refractivity contribution in [2.45, 2.75) is 58.3 Å². The molecule has 0 N–H and O–H groups in total. The highest BCUT2D eigenvalue weighted by atomic mass is 35.5. The van der Waals surface area contributed by atoms with E-state index in [1.54, 1.807) is 0 Å². The zero-order valence-corrected chi connectivity index (χ0v) is 24.5. The molecule has 37 heavy (non-hydrogen) atoms. The van der Waals surface area contributed by atoms with Gasteiger partial charge >= 0.3 is 0 Å². The molecule has 196 valence electrons.